The molecule has 1 unspecified atom stereocenters. The number of aromatic nitrogens is 3. The van der Waals surface area contributed by atoms with Crippen molar-refractivity contribution in [2.24, 2.45) is 0 Å². The van der Waals surface area contributed by atoms with E-state index in [0.29, 0.717) is 6.04 Å². The van der Waals surface area contributed by atoms with Gasteiger partial charge in [0.05, 0.1) is 5.38 Å². The van der Waals surface area contributed by atoms with Crippen LogP contribution in [-0.2, 0) is 0 Å². The Hall–Kier alpha value is -1.09. The van der Waals surface area contributed by atoms with Gasteiger partial charge in [0.25, 0.3) is 0 Å². The van der Waals surface area contributed by atoms with E-state index in [1.165, 1.54) is 25.7 Å². The lowest BCUT2D eigenvalue weighted by Crippen LogP contribution is -2.10. The average molecular weight is 264 g/mol. The van der Waals surface area contributed by atoms with Gasteiger partial charge in [0.1, 0.15) is 11.3 Å². The lowest BCUT2D eigenvalue weighted by atomic mass is 10.2. The average Bonchev–Trinajstić information content (AvgIpc) is 2.93. The van der Waals surface area contributed by atoms with Crippen molar-refractivity contribution in [3.05, 3.63) is 23.7 Å². The molecule has 1 aliphatic rings. The zero-order chi connectivity index (χ0) is 12.7. The van der Waals surface area contributed by atoms with Gasteiger partial charge >= 0.3 is 0 Å². The van der Waals surface area contributed by atoms with Gasteiger partial charge in [-0.1, -0.05) is 12.8 Å². The summed E-state index contributed by atoms with van der Waals surface area (Å²) < 4.78 is 2.28. The standard InChI is InChI=1S/C14H18ClN3/c1-9-7-8-12-14(16-9)18(11-5-3-4-6-11)13(17-12)10(2)15/h7-8,10-11H,3-6H2,1-2H3. The quantitative estimate of drug-likeness (QED) is 0.762. The fraction of sp³-hybridized carbons (Fsp3) is 0.571. The molecule has 3 rings (SSSR count). The van der Waals surface area contributed by atoms with Crippen LogP contribution in [0.2, 0.25) is 0 Å². The van der Waals surface area contributed by atoms with Crippen LogP contribution in [-0.4, -0.2) is 14.5 Å². The van der Waals surface area contributed by atoms with Crippen LogP contribution in [0.25, 0.3) is 11.2 Å². The minimum Gasteiger partial charge on any atom is -0.308 e. The summed E-state index contributed by atoms with van der Waals surface area (Å²) in [5.41, 5.74) is 3.01. The van der Waals surface area contributed by atoms with Gasteiger partial charge in [0, 0.05) is 11.7 Å². The Balaban J connectivity index is 2.22. The molecule has 1 atom stereocenters. The number of alkyl halides is 1. The van der Waals surface area contributed by atoms with E-state index in [9.17, 15) is 0 Å². The summed E-state index contributed by atoms with van der Waals surface area (Å²) in [5, 5.41) is -0.0693. The maximum Gasteiger partial charge on any atom is 0.160 e. The summed E-state index contributed by atoms with van der Waals surface area (Å²) in [6.45, 7) is 4.01. The Bertz CT molecular complexity index is 568. The molecule has 2 aromatic rings. The highest BCUT2D eigenvalue weighted by atomic mass is 35.5. The molecule has 0 N–H and O–H groups in total. The van der Waals surface area contributed by atoms with Crippen LogP contribution in [0.15, 0.2) is 12.1 Å². The van der Waals surface area contributed by atoms with Gasteiger partial charge in [-0.25, -0.2) is 9.97 Å². The smallest absolute Gasteiger partial charge is 0.160 e. The van der Waals surface area contributed by atoms with Crippen LogP contribution in [0.3, 0.4) is 0 Å². The van der Waals surface area contributed by atoms with Crippen molar-refractivity contribution in [1.82, 2.24) is 14.5 Å². The van der Waals surface area contributed by atoms with Crippen molar-refractivity contribution >= 4 is 22.8 Å². The fourth-order valence-corrected chi connectivity index (χ4v) is 3.04. The first-order chi connectivity index (χ1) is 8.66. The van der Waals surface area contributed by atoms with Crippen LogP contribution >= 0.6 is 11.6 Å². The summed E-state index contributed by atoms with van der Waals surface area (Å²) in [7, 11) is 0. The first-order valence-electron chi connectivity index (χ1n) is 6.66. The molecule has 0 aromatic carbocycles. The van der Waals surface area contributed by atoms with Gasteiger partial charge in [-0.15, -0.1) is 11.6 Å². The van der Waals surface area contributed by atoms with E-state index < -0.39 is 0 Å². The highest BCUT2D eigenvalue weighted by molar-refractivity contribution is 6.20. The molecule has 0 bridgehead atoms. The van der Waals surface area contributed by atoms with E-state index in [-0.39, 0.29) is 5.38 Å². The molecule has 3 nitrogen and oxygen atoms in total. The van der Waals surface area contributed by atoms with Crippen molar-refractivity contribution in [3.8, 4) is 0 Å². The normalized spacial score (nSPS) is 18.6. The highest BCUT2D eigenvalue weighted by Gasteiger charge is 2.25. The summed E-state index contributed by atoms with van der Waals surface area (Å²) >= 11 is 6.29. The Labute approximate surface area is 112 Å². The number of imidazole rings is 1. The molecule has 0 radical (unpaired) electrons. The van der Waals surface area contributed by atoms with Crippen LogP contribution in [0.1, 0.15) is 55.5 Å². The number of pyridine rings is 1. The van der Waals surface area contributed by atoms with Gasteiger partial charge in [0.2, 0.25) is 0 Å². The SMILES string of the molecule is Cc1ccc2nc(C(C)Cl)n(C3CCCC3)c2n1. The molecule has 2 heterocycles. The molecule has 2 aromatic heterocycles. The number of aryl methyl sites for hydroxylation is 1. The maximum atomic E-state index is 6.29. The minimum atomic E-state index is -0.0693. The van der Waals surface area contributed by atoms with E-state index in [0.717, 1.165) is 22.7 Å². The zero-order valence-electron chi connectivity index (χ0n) is 10.9. The second kappa shape index (κ2) is 4.54. The molecular formula is C14H18ClN3. The van der Waals surface area contributed by atoms with E-state index in [2.05, 4.69) is 14.5 Å². The summed E-state index contributed by atoms with van der Waals surface area (Å²) in [6.07, 6.45) is 5.04. The van der Waals surface area contributed by atoms with Crippen molar-refractivity contribution in [2.45, 2.75) is 50.9 Å². The molecule has 96 valence electrons. The number of halogens is 1. The van der Waals surface area contributed by atoms with E-state index >= 15 is 0 Å². The Kier molecular flexibility index (Phi) is 3.02. The van der Waals surface area contributed by atoms with Crippen molar-refractivity contribution < 1.29 is 0 Å². The summed E-state index contributed by atoms with van der Waals surface area (Å²) in [5.74, 6) is 0.969. The predicted octanol–water partition coefficient (Wildman–Crippen LogP) is 4.15. The molecule has 0 amide bonds. The van der Waals surface area contributed by atoms with Gasteiger partial charge in [-0.2, -0.15) is 0 Å². The van der Waals surface area contributed by atoms with Crippen LogP contribution in [0, 0.1) is 6.92 Å². The first-order valence-corrected chi connectivity index (χ1v) is 7.10. The minimum absolute atomic E-state index is 0.0693. The Morgan fingerprint density at radius 2 is 2.00 bits per heavy atom. The number of fused-ring (bicyclic) bond motifs is 1. The van der Waals surface area contributed by atoms with Crippen molar-refractivity contribution in [2.75, 3.05) is 0 Å². The number of rotatable bonds is 2. The van der Waals surface area contributed by atoms with Crippen LogP contribution < -0.4 is 0 Å². The second-order valence-corrected chi connectivity index (χ2v) is 5.84. The monoisotopic (exact) mass is 263 g/mol. The molecule has 1 saturated carbocycles. The molecule has 0 saturated heterocycles. The van der Waals surface area contributed by atoms with E-state index in [4.69, 9.17) is 11.6 Å². The largest absolute Gasteiger partial charge is 0.308 e. The maximum absolute atomic E-state index is 6.29. The fourth-order valence-electron chi connectivity index (χ4n) is 2.89. The molecule has 0 spiro atoms. The van der Waals surface area contributed by atoms with Crippen molar-refractivity contribution in [3.63, 3.8) is 0 Å². The molecule has 18 heavy (non-hydrogen) atoms. The first kappa shape index (κ1) is 12.0. The lowest BCUT2D eigenvalue weighted by molar-refractivity contribution is 0.507. The third-order valence-corrected chi connectivity index (χ3v) is 3.94. The molecular weight excluding hydrogens is 246 g/mol. The predicted molar refractivity (Wildman–Crippen MR) is 74.0 cm³/mol. The Morgan fingerprint density at radius 1 is 1.28 bits per heavy atom. The van der Waals surface area contributed by atoms with Gasteiger partial charge in [-0.05, 0) is 38.8 Å². The van der Waals surface area contributed by atoms with Gasteiger partial charge in [-0.3, -0.25) is 0 Å². The third kappa shape index (κ3) is 1.91. The third-order valence-electron chi connectivity index (χ3n) is 3.75. The summed E-state index contributed by atoms with van der Waals surface area (Å²) in [6, 6.07) is 4.59. The number of nitrogens with zero attached hydrogens (tertiary/aromatic N) is 3. The second-order valence-electron chi connectivity index (χ2n) is 5.19. The Morgan fingerprint density at radius 3 is 2.67 bits per heavy atom. The van der Waals surface area contributed by atoms with Crippen LogP contribution in [0.5, 0.6) is 0 Å². The lowest BCUT2D eigenvalue weighted by Gasteiger charge is -2.16. The van der Waals surface area contributed by atoms with E-state index in [1.807, 2.05) is 26.0 Å². The highest BCUT2D eigenvalue weighted by Crippen LogP contribution is 2.35. The van der Waals surface area contributed by atoms with Gasteiger partial charge in [0.15, 0.2) is 5.65 Å². The zero-order valence-corrected chi connectivity index (χ0v) is 11.6. The molecule has 1 aliphatic carbocycles. The molecule has 1 fully saturated rings. The molecule has 4 heteroatoms. The topological polar surface area (TPSA) is 30.7 Å². The number of hydrogen-bond acceptors (Lipinski definition) is 2. The van der Waals surface area contributed by atoms with Gasteiger partial charge < -0.3 is 4.57 Å². The van der Waals surface area contributed by atoms with E-state index in [1.54, 1.807) is 0 Å². The molecule has 0 aliphatic heterocycles. The number of hydrogen-bond donors (Lipinski definition) is 0. The van der Waals surface area contributed by atoms with Crippen LogP contribution in [0.4, 0.5) is 0 Å². The van der Waals surface area contributed by atoms with Crippen molar-refractivity contribution in [1.29, 1.82) is 0 Å². The summed E-state index contributed by atoms with van der Waals surface area (Å²) in [4.78, 5) is 9.33.